The number of hydrogen-bond donors (Lipinski definition) is 1. The Kier molecular flexibility index (Phi) is 5.26. The maximum absolute atomic E-state index is 11.1. The van der Waals surface area contributed by atoms with E-state index >= 15 is 0 Å². The second kappa shape index (κ2) is 7.47. The fourth-order valence-electron chi connectivity index (χ4n) is 3.11. The Morgan fingerprint density at radius 1 is 1.07 bits per heavy atom. The Morgan fingerprint density at radius 2 is 1.67 bits per heavy atom. The van der Waals surface area contributed by atoms with Crippen LogP contribution in [0.1, 0.15) is 38.8 Å². The summed E-state index contributed by atoms with van der Waals surface area (Å²) in [4.78, 5) is 13.4. The molecule has 0 saturated carbocycles. The largest absolute Gasteiger partial charge is 0.487 e. The molecule has 4 heteroatoms. The highest BCUT2D eigenvalue weighted by Gasteiger charge is 2.28. The predicted molar refractivity (Wildman–Crippen MR) is 111 cm³/mol. The molecule has 0 unspecified atom stereocenters. The van der Waals surface area contributed by atoms with Gasteiger partial charge in [0.1, 0.15) is 11.9 Å². The molecule has 1 fully saturated rings. The summed E-state index contributed by atoms with van der Waals surface area (Å²) < 4.78 is 6.07. The van der Waals surface area contributed by atoms with E-state index in [1.165, 1.54) is 12.5 Å². The molecule has 3 rings (SSSR count). The monoisotopic (exact) mass is 364 g/mol. The van der Waals surface area contributed by atoms with Gasteiger partial charge in [-0.3, -0.25) is 4.79 Å². The lowest BCUT2D eigenvalue weighted by molar-refractivity contribution is -0.117. The molecule has 27 heavy (non-hydrogen) atoms. The summed E-state index contributed by atoms with van der Waals surface area (Å²) in [5.41, 5.74) is 4.16. The zero-order chi connectivity index (χ0) is 19.6. The molecule has 2 aromatic rings. The molecule has 142 valence electrons. The van der Waals surface area contributed by atoms with Crippen LogP contribution in [0.4, 0.5) is 5.69 Å². The minimum absolute atomic E-state index is 0.109. The zero-order valence-corrected chi connectivity index (χ0v) is 16.6. The van der Waals surface area contributed by atoms with Crippen molar-refractivity contribution in [3.8, 4) is 5.75 Å². The van der Waals surface area contributed by atoms with Gasteiger partial charge in [0.15, 0.2) is 0 Å². The normalized spacial score (nSPS) is 14.4. The predicted octanol–water partition coefficient (Wildman–Crippen LogP) is 4.36. The Balaban J connectivity index is 1.52. The van der Waals surface area contributed by atoms with Crippen LogP contribution in [0.3, 0.4) is 0 Å². The van der Waals surface area contributed by atoms with Gasteiger partial charge in [0, 0.05) is 18.3 Å². The zero-order valence-electron chi connectivity index (χ0n) is 16.6. The van der Waals surface area contributed by atoms with Crippen LogP contribution >= 0.6 is 0 Å². The highest BCUT2D eigenvalue weighted by molar-refractivity contribution is 5.84. The molecule has 0 atom stereocenters. The summed E-state index contributed by atoms with van der Waals surface area (Å²) in [6, 6.07) is 16.5. The Bertz CT molecular complexity index is 811. The summed E-state index contributed by atoms with van der Waals surface area (Å²) in [7, 11) is 0. The molecule has 0 aromatic heterocycles. The average Bonchev–Trinajstić information content (AvgIpc) is 2.57. The molecule has 1 aliphatic heterocycles. The van der Waals surface area contributed by atoms with Crippen LogP contribution in [0.15, 0.2) is 55.1 Å². The van der Waals surface area contributed by atoms with Crippen LogP contribution < -0.4 is 15.0 Å². The van der Waals surface area contributed by atoms with Gasteiger partial charge in [-0.05, 0) is 40.8 Å². The van der Waals surface area contributed by atoms with E-state index in [-0.39, 0.29) is 17.4 Å². The maximum Gasteiger partial charge on any atom is 0.221 e. The number of nitrogens with one attached hydrogen (secondary N) is 1. The maximum atomic E-state index is 11.1. The van der Waals surface area contributed by atoms with Crippen LogP contribution in [0, 0.1) is 0 Å². The van der Waals surface area contributed by atoms with Crippen molar-refractivity contribution in [3.63, 3.8) is 0 Å². The van der Waals surface area contributed by atoms with Crippen LogP contribution in [-0.4, -0.2) is 25.1 Å². The second-order valence-electron chi connectivity index (χ2n) is 8.13. The van der Waals surface area contributed by atoms with E-state index in [1.54, 1.807) is 0 Å². The molecule has 1 aliphatic rings. The van der Waals surface area contributed by atoms with Crippen LogP contribution in [0.2, 0.25) is 0 Å². The summed E-state index contributed by atoms with van der Waals surface area (Å²) >= 11 is 0. The smallest absolute Gasteiger partial charge is 0.221 e. The van der Waals surface area contributed by atoms with Crippen molar-refractivity contribution in [1.29, 1.82) is 0 Å². The van der Waals surface area contributed by atoms with Gasteiger partial charge in [0.2, 0.25) is 5.91 Å². The van der Waals surface area contributed by atoms with Crippen molar-refractivity contribution in [2.45, 2.75) is 39.2 Å². The van der Waals surface area contributed by atoms with Crippen molar-refractivity contribution < 1.29 is 9.53 Å². The van der Waals surface area contributed by atoms with Crippen molar-refractivity contribution in [3.05, 3.63) is 66.2 Å². The molecule has 2 aromatic carbocycles. The van der Waals surface area contributed by atoms with E-state index in [2.05, 4.69) is 74.0 Å². The summed E-state index contributed by atoms with van der Waals surface area (Å²) in [6.07, 6.45) is 0.208. The van der Waals surface area contributed by atoms with E-state index in [4.69, 9.17) is 4.74 Å². The lowest BCUT2D eigenvalue weighted by atomic mass is 9.87. The summed E-state index contributed by atoms with van der Waals surface area (Å²) in [5, 5.41) is 2.72. The van der Waals surface area contributed by atoms with Gasteiger partial charge >= 0.3 is 0 Å². The van der Waals surface area contributed by atoms with Gasteiger partial charge < -0.3 is 15.0 Å². The van der Waals surface area contributed by atoms with E-state index in [9.17, 15) is 4.79 Å². The number of nitrogens with zero attached hydrogens (tertiary/aromatic N) is 1. The molecule has 0 bridgehead atoms. The van der Waals surface area contributed by atoms with Gasteiger partial charge in [0.25, 0.3) is 0 Å². The van der Waals surface area contributed by atoms with Crippen LogP contribution in [0.25, 0.3) is 5.70 Å². The van der Waals surface area contributed by atoms with Crippen LogP contribution in [0.5, 0.6) is 5.75 Å². The molecule has 1 N–H and O–H groups in total. The highest BCUT2D eigenvalue weighted by Crippen LogP contribution is 2.28. The number of hydrogen-bond acceptors (Lipinski definition) is 3. The van der Waals surface area contributed by atoms with Gasteiger partial charge in [0.05, 0.1) is 13.1 Å². The van der Waals surface area contributed by atoms with E-state index in [1.807, 2.05) is 12.1 Å². The number of benzene rings is 2. The number of carbonyl (C=O) groups is 1. The van der Waals surface area contributed by atoms with Crippen LogP contribution in [-0.2, 0) is 10.2 Å². The topological polar surface area (TPSA) is 41.6 Å². The molecular weight excluding hydrogens is 336 g/mol. The number of ether oxygens (including phenoxy) is 1. The first-order chi connectivity index (χ1) is 12.7. The molecule has 1 amide bonds. The molecule has 0 radical (unpaired) electrons. The molecule has 1 heterocycles. The van der Waals surface area contributed by atoms with Gasteiger partial charge in [-0.1, -0.05) is 51.6 Å². The molecule has 0 spiro atoms. The lowest BCUT2D eigenvalue weighted by Gasteiger charge is -2.40. The number of amides is 1. The van der Waals surface area contributed by atoms with Crippen molar-refractivity contribution >= 4 is 17.3 Å². The highest BCUT2D eigenvalue weighted by atomic mass is 16.5. The standard InChI is InChI=1S/C23H28N2O2/c1-16(24-17(2)26)18-6-10-20(11-7-18)25-14-22(15-25)27-21-12-8-19(9-13-21)23(3,4)5/h6-13,22H,1,14-15H2,2-5H3,(H,24,26). The third kappa shape index (κ3) is 4.70. The molecular formula is C23H28N2O2. The third-order valence-electron chi connectivity index (χ3n) is 4.78. The lowest BCUT2D eigenvalue weighted by Crippen LogP contribution is -2.54. The van der Waals surface area contributed by atoms with Crippen molar-refractivity contribution in [1.82, 2.24) is 5.32 Å². The minimum atomic E-state index is -0.109. The molecule has 4 nitrogen and oxygen atoms in total. The number of carbonyl (C=O) groups excluding carboxylic acids is 1. The van der Waals surface area contributed by atoms with Gasteiger partial charge in [-0.15, -0.1) is 0 Å². The summed E-state index contributed by atoms with van der Waals surface area (Å²) in [6.45, 7) is 13.7. The SMILES string of the molecule is C=C(NC(C)=O)c1ccc(N2CC(Oc3ccc(C(C)(C)C)cc3)C2)cc1. The van der Waals surface area contributed by atoms with Crippen molar-refractivity contribution in [2.75, 3.05) is 18.0 Å². The second-order valence-corrected chi connectivity index (χ2v) is 8.13. The third-order valence-corrected chi connectivity index (χ3v) is 4.78. The van der Waals surface area contributed by atoms with E-state index in [0.29, 0.717) is 5.70 Å². The minimum Gasteiger partial charge on any atom is -0.487 e. The average molecular weight is 364 g/mol. The van der Waals surface area contributed by atoms with E-state index < -0.39 is 0 Å². The molecule has 0 aliphatic carbocycles. The number of anilines is 1. The first kappa shape index (κ1) is 19.0. The van der Waals surface area contributed by atoms with E-state index in [0.717, 1.165) is 30.1 Å². The Hall–Kier alpha value is -2.75. The number of rotatable bonds is 5. The first-order valence-corrected chi connectivity index (χ1v) is 9.31. The fraction of sp³-hybridized carbons (Fsp3) is 0.348. The summed E-state index contributed by atoms with van der Waals surface area (Å²) in [5.74, 6) is 0.817. The van der Waals surface area contributed by atoms with Crippen molar-refractivity contribution in [2.24, 2.45) is 0 Å². The van der Waals surface area contributed by atoms with Gasteiger partial charge in [-0.2, -0.15) is 0 Å². The van der Waals surface area contributed by atoms with Gasteiger partial charge in [-0.25, -0.2) is 0 Å². The fourth-order valence-corrected chi connectivity index (χ4v) is 3.11. The quantitative estimate of drug-likeness (QED) is 0.857. The Morgan fingerprint density at radius 3 is 2.19 bits per heavy atom. The Labute approximate surface area is 161 Å². The first-order valence-electron chi connectivity index (χ1n) is 9.31. The molecule has 1 saturated heterocycles.